The molecule has 6 nitrogen and oxygen atoms in total. The zero-order valence-corrected chi connectivity index (χ0v) is 11.8. The molecular weight excluding hydrogens is 240 g/mol. The summed E-state index contributed by atoms with van der Waals surface area (Å²) in [6.07, 6.45) is 3.44. The number of nitrogens with zero attached hydrogens (tertiary/aromatic N) is 3. The lowest BCUT2D eigenvalue weighted by Crippen LogP contribution is -2.33. The van der Waals surface area contributed by atoms with Gasteiger partial charge in [-0.2, -0.15) is 0 Å². The molecular formula is C13H24N6. The third kappa shape index (κ3) is 4.04. The van der Waals surface area contributed by atoms with Crippen molar-refractivity contribution in [3.63, 3.8) is 0 Å². The summed E-state index contributed by atoms with van der Waals surface area (Å²) in [4.78, 5) is 11.2. The fourth-order valence-electron chi connectivity index (χ4n) is 2.45. The van der Waals surface area contributed by atoms with Gasteiger partial charge >= 0.3 is 0 Å². The van der Waals surface area contributed by atoms with E-state index >= 15 is 0 Å². The average Bonchev–Trinajstić information content (AvgIpc) is 2.90. The molecule has 1 unspecified atom stereocenters. The number of aromatic nitrogens is 2. The summed E-state index contributed by atoms with van der Waals surface area (Å²) in [5.74, 6) is 7.72. The minimum Gasteiger partial charge on any atom is -0.366 e. The summed E-state index contributed by atoms with van der Waals surface area (Å²) in [5.41, 5.74) is 2.59. The summed E-state index contributed by atoms with van der Waals surface area (Å²) in [6.45, 7) is 7.70. The van der Waals surface area contributed by atoms with E-state index < -0.39 is 0 Å². The van der Waals surface area contributed by atoms with Gasteiger partial charge in [-0.1, -0.05) is 6.92 Å². The molecule has 2 heterocycles. The van der Waals surface area contributed by atoms with E-state index in [0.717, 1.165) is 24.6 Å². The van der Waals surface area contributed by atoms with Crippen molar-refractivity contribution >= 4 is 11.6 Å². The largest absolute Gasteiger partial charge is 0.366 e. The van der Waals surface area contributed by atoms with Crippen LogP contribution in [0.3, 0.4) is 0 Å². The van der Waals surface area contributed by atoms with Gasteiger partial charge in [-0.3, -0.25) is 0 Å². The highest BCUT2D eigenvalue weighted by Gasteiger charge is 2.15. The third-order valence-corrected chi connectivity index (χ3v) is 3.36. The van der Waals surface area contributed by atoms with E-state index in [0.29, 0.717) is 11.9 Å². The lowest BCUT2D eigenvalue weighted by Gasteiger charge is -2.22. The maximum absolute atomic E-state index is 5.43. The van der Waals surface area contributed by atoms with Crippen LogP contribution < -0.4 is 16.6 Å². The van der Waals surface area contributed by atoms with Crippen LogP contribution in [0.25, 0.3) is 0 Å². The fourth-order valence-corrected chi connectivity index (χ4v) is 2.45. The predicted octanol–water partition coefficient (Wildman–Crippen LogP) is 1.22. The predicted molar refractivity (Wildman–Crippen MR) is 78.0 cm³/mol. The molecule has 1 aromatic rings. The summed E-state index contributed by atoms with van der Waals surface area (Å²) in [6, 6.07) is 2.21. The Bertz CT molecular complexity index is 380. The van der Waals surface area contributed by atoms with Crippen molar-refractivity contribution in [3.05, 3.63) is 11.9 Å². The standard InChI is InChI=1S/C13H24N6/c1-3-11-16-12(8-13(17-11)18-14)15-10(2)9-19-6-4-5-7-19/h8,10H,3-7,9,14H2,1-2H3,(H2,15,16,17,18). The third-order valence-electron chi connectivity index (χ3n) is 3.36. The quantitative estimate of drug-likeness (QED) is 0.529. The summed E-state index contributed by atoms with van der Waals surface area (Å²) in [5, 5.41) is 3.43. The second-order valence-electron chi connectivity index (χ2n) is 5.11. The number of hydrazine groups is 1. The SMILES string of the molecule is CCc1nc(NN)cc(NC(C)CN2CCCC2)n1. The minimum atomic E-state index is 0.364. The number of anilines is 2. The average molecular weight is 264 g/mol. The van der Waals surface area contributed by atoms with Crippen LogP contribution in [0.1, 0.15) is 32.5 Å². The highest BCUT2D eigenvalue weighted by molar-refractivity contribution is 5.47. The van der Waals surface area contributed by atoms with Crippen LogP contribution in [-0.4, -0.2) is 40.5 Å². The molecule has 0 amide bonds. The molecule has 19 heavy (non-hydrogen) atoms. The van der Waals surface area contributed by atoms with Crippen molar-refractivity contribution in [1.29, 1.82) is 0 Å². The van der Waals surface area contributed by atoms with Crippen LogP contribution >= 0.6 is 0 Å². The lowest BCUT2D eigenvalue weighted by atomic mass is 10.3. The molecule has 1 aliphatic heterocycles. The van der Waals surface area contributed by atoms with E-state index in [-0.39, 0.29) is 0 Å². The molecule has 1 saturated heterocycles. The number of rotatable bonds is 6. The summed E-state index contributed by atoms with van der Waals surface area (Å²) < 4.78 is 0. The molecule has 0 aliphatic carbocycles. The Balaban J connectivity index is 1.96. The van der Waals surface area contributed by atoms with Crippen molar-refractivity contribution in [2.24, 2.45) is 5.84 Å². The maximum Gasteiger partial charge on any atom is 0.145 e. The van der Waals surface area contributed by atoms with Crippen LogP contribution in [-0.2, 0) is 6.42 Å². The number of nitrogens with two attached hydrogens (primary N) is 1. The summed E-state index contributed by atoms with van der Waals surface area (Å²) in [7, 11) is 0. The molecule has 2 rings (SSSR count). The molecule has 0 aromatic carbocycles. The second-order valence-corrected chi connectivity index (χ2v) is 5.11. The van der Waals surface area contributed by atoms with Gasteiger partial charge in [0.15, 0.2) is 0 Å². The van der Waals surface area contributed by atoms with Gasteiger partial charge < -0.3 is 15.6 Å². The van der Waals surface area contributed by atoms with Gasteiger partial charge in [0.25, 0.3) is 0 Å². The molecule has 1 aromatic heterocycles. The molecule has 106 valence electrons. The first-order valence-electron chi connectivity index (χ1n) is 7.04. The van der Waals surface area contributed by atoms with E-state index in [4.69, 9.17) is 5.84 Å². The molecule has 0 saturated carbocycles. The Morgan fingerprint density at radius 1 is 1.32 bits per heavy atom. The second kappa shape index (κ2) is 6.68. The van der Waals surface area contributed by atoms with Crippen molar-refractivity contribution in [1.82, 2.24) is 14.9 Å². The molecule has 0 radical (unpaired) electrons. The number of aryl methyl sites for hydroxylation is 1. The Labute approximate surface area is 114 Å². The normalized spacial score (nSPS) is 17.4. The van der Waals surface area contributed by atoms with Gasteiger partial charge in [0.05, 0.1) is 0 Å². The van der Waals surface area contributed by atoms with E-state index in [2.05, 4.69) is 32.5 Å². The van der Waals surface area contributed by atoms with Gasteiger partial charge in [0, 0.05) is 25.1 Å². The minimum absolute atomic E-state index is 0.364. The van der Waals surface area contributed by atoms with Gasteiger partial charge in [-0.15, -0.1) is 0 Å². The number of nitrogens with one attached hydrogen (secondary N) is 2. The van der Waals surface area contributed by atoms with Gasteiger partial charge in [-0.05, 0) is 32.9 Å². The van der Waals surface area contributed by atoms with Crippen LogP contribution in [0.5, 0.6) is 0 Å². The highest BCUT2D eigenvalue weighted by Crippen LogP contribution is 2.13. The Hall–Kier alpha value is -1.40. The van der Waals surface area contributed by atoms with Crippen molar-refractivity contribution in [2.45, 2.75) is 39.2 Å². The molecule has 1 aliphatic rings. The van der Waals surface area contributed by atoms with E-state index in [9.17, 15) is 0 Å². The topological polar surface area (TPSA) is 79.1 Å². The smallest absolute Gasteiger partial charge is 0.145 e. The van der Waals surface area contributed by atoms with E-state index in [1.807, 2.05) is 13.0 Å². The Kier molecular flexibility index (Phi) is 4.93. The number of nitrogen functional groups attached to an aromatic ring is 1. The fraction of sp³-hybridized carbons (Fsp3) is 0.692. The van der Waals surface area contributed by atoms with Crippen LogP contribution in [0.4, 0.5) is 11.6 Å². The Morgan fingerprint density at radius 3 is 2.63 bits per heavy atom. The van der Waals surface area contributed by atoms with Gasteiger partial charge in [-0.25, -0.2) is 15.8 Å². The monoisotopic (exact) mass is 264 g/mol. The lowest BCUT2D eigenvalue weighted by molar-refractivity contribution is 0.327. The number of hydrogen-bond acceptors (Lipinski definition) is 6. The maximum atomic E-state index is 5.43. The first-order chi connectivity index (χ1) is 9.21. The molecule has 0 bridgehead atoms. The Morgan fingerprint density at radius 2 is 2.00 bits per heavy atom. The van der Waals surface area contributed by atoms with Crippen molar-refractivity contribution < 1.29 is 0 Å². The molecule has 1 fully saturated rings. The van der Waals surface area contributed by atoms with Crippen molar-refractivity contribution in [3.8, 4) is 0 Å². The number of likely N-dealkylation sites (tertiary alicyclic amines) is 1. The van der Waals surface area contributed by atoms with Crippen LogP contribution in [0, 0.1) is 0 Å². The van der Waals surface area contributed by atoms with Crippen LogP contribution in [0.15, 0.2) is 6.07 Å². The highest BCUT2D eigenvalue weighted by atomic mass is 15.3. The zero-order chi connectivity index (χ0) is 13.7. The molecule has 0 spiro atoms. The van der Waals surface area contributed by atoms with Crippen LogP contribution in [0.2, 0.25) is 0 Å². The molecule has 6 heteroatoms. The van der Waals surface area contributed by atoms with Gasteiger partial charge in [0.1, 0.15) is 17.5 Å². The summed E-state index contributed by atoms with van der Waals surface area (Å²) >= 11 is 0. The van der Waals surface area contributed by atoms with E-state index in [1.54, 1.807) is 0 Å². The zero-order valence-electron chi connectivity index (χ0n) is 11.8. The molecule has 4 N–H and O–H groups in total. The number of hydrogen-bond donors (Lipinski definition) is 3. The molecule has 1 atom stereocenters. The van der Waals surface area contributed by atoms with E-state index in [1.165, 1.54) is 25.9 Å². The first kappa shape index (κ1) is 14.0. The van der Waals surface area contributed by atoms with Gasteiger partial charge in [0.2, 0.25) is 0 Å². The van der Waals surface area contributed by atoms with Crippen molar-refractivity contribution in [2.75, 3.05) is 30.4 Å². The first-order valence-corrected chi connectivity index (χ1v) is 7.04.